The molecule has 1 heterocycles. The van der Waals surface area contributed by atoms with Crippen LogP contribution in [-0.4, -0.2) is 53.3 Å². The van der Waals surface area contributed by atoms with Crippen molar-refractivity contribution in [2.75, 3.05) is 20.1 Å². The van der Waals surface area contributed by atoms with Crippen LogP contribution in [-0.2, 0) is 9.59 Å². The van der Waals surface area contributed by atoms with Crippen molar-refractivity contribution in [1.29, 1.82) is 0 Å². The van der Waals surface area contributed by atoms with Gasteiger partial charge < -0.3 is 5.32 Å². The number of ketones is 1. The number of nitrogens with one attached hydrogen (secondary N) is 1. The van der Waals surface area contributed by atoms with Gasteiger partial charge in [-0.05, 0) is 71.1 Å². The first-order valence-electron chi connectivity index (χ1n) is 20.5. The van der Waals surface area contributed by atoms with Crippen LogP contribution in [0.5, 0.6) is 0 Å². The summed E-state index contributed by atoms with van der Waals surface area (Å²) >= 11 is 0. The quantitative estimate of drug-likeness (QED) is 0.0434. The van der Waals surface area contributed by atoms with E-state index in [1.165, 1.54) is 141 Å². The van der Waals surface area contributed by atoms with Crippen LogP contribution in [0.3, 0.4) is 0 Å². The minimum atomic E-state index is -0.149. The lowest BCUT2D eigenvalue weighted by Gasteiger charge is -2.21. The first-order chi connectivity index (χ1) is 23.0. The lowest BCUT2D eigenvalue weighted by molar-refractivity contribution is -0.485. The largest absolute Gasteiger partial charge is 0.318 e. The molecule has 272 valence electrons. The smallest absolute Gasteiger partial charge is 0.317 e. The number of likely N-dealkylation sites (N-methyl/N-ethyl adjacent to an activating group) is 1. The Hall–Kier alpha value is -1.91. The zero-order valence-corrected chi connectivity index (χ0v) is 31.8. The minimum absolute atomic E-state index is 0.105. The predicted octanol–water partition coefficient (Wildman–Crippen LogP) is 11.4. The summed E-state index contributed by atoms with van der Waals surface area (Å²) < 4.78 is 2.08. The summed E-state index contributed by atoms with van der Waals surface area (Å²) in [6.45, 7) is 8.19. The highest BCUT2D eigenvalue weighted by Gasteiger charge is 2.37. The summed E-state index contributed by atoms with van der Waals surface area (Å²) in [6, 6.07) is 0. The molecule has 1 rings (SSSR count). The second-order valence-electron chi connectivity index (χ2n) is 14.3. The average molecular weight is 657 g/mol. The number of amides is 1. The van der Waals surface area contributed by atoms with Gasteiger partial charge >= 0.3 is 5.84 Å². The fraction of sp³-hybridized carbons (Fsp3) is 0.833. The number of carbonyl (C=O) groups is 2. The van der Waals surface area contributed by atoms with E-state index in [4.69, 9.17) is 0 Å². The van der Waals surface area contributed by atoms with Crippen molar-refractivity contribution in [1.82, 2.24) is 10.2 Å². The molecule has 0 aromatic carbocycles. The van der Waals surface area contributed by atoms with E-state index in [2.05, 4.69) is 52.9 Å². The number of hydrogen-bond acceptors (Lipinski definition) is 3. The Morgan fingerprint density at radius 3 is 1.45 bits per heavy atom. The molecule has 5 heteroatoms. The average Bonchev–Trinajstić information content (AvgIpc) is 3.46. The van der Waals surface area contributed by atoms with E-state index in [-0.39, 0.29) is 17.9 Å². The molecule has 0 bridgehead atoms. The molecule has 1 amide bonds. The van der Waals surface area contributed by atoms with Gasteiger partial charge in [-0.25, -0.2) is 4.90 Å². The van der Waals surface area contributed by atoms with E-state index in [0.29, 0.717) is 12.8 Å². The Kier molecular flexibility index (Phi) is 28.8. The molecule has 0 saturated carbocycles. The summed E-state index contributed by atoms with van der Waals surface area (Å²) in [6.07, 6.45) is 43.3. The summed E-state index contributed by atoms with van der Waals surface area (Å²) in [4.78, 5) is 28.0. The van der Waals surface area contributed by atoms with Crippen molar-refractivity contribution in [2.45, 2.75) is 207 Å². The van der Waals surface area contributed by atoms with Crippen LogP contribution in [0.2, 0.25) is 0 Å². The van der Waals surface area contributed by atoms with E-state index >= 15 is 0 Å². The number of unbranched alkanes of at least 4 members (excludes halogenated alkanes) is 22. The molecule has 5 nitrogen and oxygen atoms in total. The van der Waals surface area contributed by atoms with Crippen LogP contribution >= 0.6 is 0 Å². The van der Waals surface area contributed by atoms with Crippen LogP contribution in [0.25, 0.3) is 0 Å². The van der Waals surface area contributed by atoms with Crippen LogP contribution in [0.4, 0.5) is 0 Å². The molecule has 0 aromatic heterocycles. The Bertz CT molecular complexity index is 862. The van der Waals surface area contributed by atoms with Crippen molar-refractivity contribution in [3.8, 4) is 0 Å². The maximum Gasteiger partial charge on any atom is 0.317 e. The predicted molar refractivity (Wildman–Crippen MR) is 204 cm³/mol. The van der Waals surface area contributed by atoms with E-state index < -0.39 is 0 Å². The number of hydrogen-bond donors (Lipinski definition) is 1. The van der Waals surface area contributed by atoms with Crippen LogP contribution in [0, 0.1) is 0 Å². The third-order valence-corrected chi connectivity index (χ3v) is 9.73. The van der Waals surface area contributed by atoms with Gasteiger partial charge in [0.05, 0.1) is 7.05 Å². The zero-order chi connectivity index (χ0) is 34.2. The molecule has 1 aliphatic heterocycles. The fourth-order valence-corrected chi connectivity index (χ4v) is 6.65. The maximum atomic E-state index is 13.2. The molecule has 0 radical (unpaired) electrons. The second-order valence-corrected chi connectivity index (χ2v) is 14.3. The molecule has 0 saturated heterocycles. The van der Waals surface area contributed by atoms with Gasteiger partial charge in [0.2, 0.25) is 11.7 Å². The van der Waals surface area contributed by atoms with E-state index in [1.54, 1.807) is 0 Å². The van der Waals surface area contributed by atoms with Gasteiger partial charge in [0.1, 0.15) is 13.1 Å². The number of amidine groups is 1. The van der Waals surface area contributed by atoms with Gasteiger partial charge in [0.15, 0.2) is 6.17 Å². The van der Waals surface area contributed by atoms with Gasteiger partial charge in [-0.3, -0.25) is 14.2 Å². The van der Waals surface area contributed by atoms with Gasteiger partial charge in [0.25, 0.3) is 0 Å². The molecule has 0 aliphatic carbocycles. The molecular formula is C42H78N3O2+. The molecule has 0 spiro atoms. The monoisotopic (exact) mass is 657 g/mol. The van der Waals surface area contributed by atoms with Crippen LogP contribution in [0.1, 0.15) is 201 Å². The van der Waals surface area contributed by atoms with Crippen molar-refractivity contribution in [3.63, 3.8) is 0 Å². The highest BCUT2D eigenvalue weighted by atomic mass is 16.2. The Morgan fingerprint density at radius 1 is 0.617 bits per heavy atom. The first kappa shape index (κ1) is 43.1. The summed E-state index contributed by atoms with van der Waals surface area (Å²) in [5, 5.41) is 3.17. The molecular weight excluding hydrogens is 578 g/mol. The van der Waals surface area contributed by atoms with Gasteiger partial charge in [-0.15, -0.1) is 0 Å². The van der Waals surface area contributed by atoms with Crippen molar-refractivity contribution in [3.05, 3.63) is 24.3 Å². The molecule has 1 aliphatic rings. The number of Topliss-reactive ketones (excluding diaryl/α,β-unsaturated/α-hetero) is 1. The van der Waals surface area contributed by atoms with Crippen LogP contribution < -0.4 is 5.32 Å². The Labute approximate surface area is 292 Å². The summed E-state index contributed by atoms with van der Waals surface area (Å²) in [7, 11) is 2.01. The van der Waals surface area contributed by atoms with Crippen molar-refractivity contribution >= 4 is 17.5 Å². The Morgan fingerprint density at radius 2 is 1.00 bits per heavy atom. The fourth-order valence-electron chi connectivity index (χ4n) is 6.65. The summed E-state index contributed by atoms with van der Waals surface area (Å²) in [5.74, 6) is 1.11. The van der Waals surface area contributed by atoms with Gasteiger partial charge in [0, 0.05) is 12.8 Å². The molecule has 1 unspecified atom stereocenters. The SMILES string of the molecule is CCCCCCCCC=CCCCCCCCC(=O)NC(C)N1CC[N+](C)=C1C(=O)CCCCCCCC=CCCCCCCCC. The van der Waals surface area contributed by atoms with Crippen molar-refractivity contribution < 1.29 is 14.2 Å². The molecule has 0 fully saturated rings. The highest BCUT2D eigenvalue weighted by Crippen LogP contribution is 2.14. The third kappa shape index (κ3) is 24.0. The minimum Gasteiger partial charge on any atom is -0.318 e. The second kappa shape index (κ2) is 31.4. The molecule has 1 N–H and O–H groups in total. The number of nitrogens with zero attached hydrogens (tertiary/aromatic N) is 2. The number of rotatable bonds is 33. The number of carbonyl (C=O) groups excluding carboxylic acids is 2. The standard InChI is InChI=1S/C42H77N3O2/c1-5-7-9-11-13-15-17-19-21-23-25-27-29-31-33-35-40(46)42-44(4)37-38-45(42)39(3)43-41(47)36-34-32-30-28-26-24-22-20-18-16-14-12-10-8-6-2/h19-22,39H,5-18,23-38H2,1-4H3/p+1. The molecule has 1 atom stereocenters. The molecule has 0 aromatic rings. The molecule has 47 heavy (non-hydrogen) atoms. The van der Waals surface area contributed by atoms with Crippen LogP contribution in [0.15, 0.2) is 24.3 Å². The maximum absolute atomic E-state index is 13.2. The lowest BCUT2D eigenvalue weighted by Crippen LogP contribution is -2.50. The van der Waals surface area contributed by atoms with E-state index in [0.717, 1.165) is 44.6 Å². The normalized spacial score (nSPS) is 14.3. The topological polar surface area (TPSA) is 52.4 Å². The third-order valence-electron chi connectivity index (χ3n) is 9.73. The Balaban J connectivity index is 2.09. The first-order valence-corrected chi connectivity index (χ1v) is 20.5. The van der Waals surface area contributed by atoms with E-state index in [1.807, 2.05) is 14.0 Å². The van der Waals surface area contributed by atoms with Gasteiger partial charge in [-0.1, -0.05) is 141 Å². The summed E-state index contributed by atoms with van der Waals surface area (Å²) in [5.41, 5.74) is 0. The highest BCUT2D eigenvalue weighted by molar-refractivity contribution is 6.36. The van der Waals surface area contributed by atoms with E-state index in [9.17, 15) is 9.59 Å². The van der Waals surface area contributed by atoms with Crippen molar-refractivity contribution in [2.24, 2.45) is 0 Å². The van der Waals surface area contributed by atoms with Gasteiger partial charge in [-0.2, -0.15) is 0 Å². The number of allylic oxidation sites excluding steroid dienone is 4. The lowest BCUT2D eigenvalue weighted by atomic mass is 10.1. The zero-order valence-electron chi connectivity index (χ0n) is 31.8.